The Kier molecular flexibility index (Phi) is 14.8. The molecule has 0 unspecified atom stereocenters. The molecule has 0 saturated carbocycles. The number of amides is 4. The van der Waals surface area contributed by atoms with Gasteiger partial charge in [0.1, 0.15) is 17.4 Å². The Morgan fingerprint density at radius 3 is 2.20 bits per heavy atom. The van der Waals surface area contributed by atoms with E-state index in [9.17, 15) is 14.4 Å². The smallest absolute Gasteiger partial charge is 0.338 e. The summed E-state index contributed by atoms with van der Waals surface area (Å²) < 4.78 is 19.0. The van der Waals surface area contributed by atoms with Crippen LogP contribution in [-0.4, -0.2) is 66.5 Å². The maximum Gasteiger partial charge on any atom is 0.338 e. The van der Waals surface area contributed by atoms with Gasteiger partial charge in [0.25, 0.3) is 0 Å². The maximum absolute atomic E-state index is 14.7. The van der Waals surface area contributed by atoms with E-state index in [1.54, 1.807) is 16.2 Å². The molecule has 1 aromatic heterocycles. The molecule has 274 valence electrons. The van der Waals surface area contributed by atoms with Crippen LogP contribution >= 0.6 is 11.3 Å². The highest BCUT2D eigenvalue weighted by Gasteiger charge is 2.34. The number of fused-ring (bicyclic) bond motifs is 1. The van der Waals surface area contributed by atoms with E-state index in [4.69, 9.17) is 19.0 Å². The summed E-state index contributed by atoms with van der Waals surface area (Å²) in [5.74, 6) is -0.206. The molecule has 4 aromatic rings. The Morgan fingerprint density at radius 2 is 1.53 bits per heavy atom. The highest BCUT2D eigenvalue weighted by molar-refractivity contribution is 7.17. The molecule has 0 spiro atoms. The van der Waals surface area contributed by atoms with Gasteiger partial charge in [0.05, 0.1) is 6.04 Å². The van der Waals surface area contributed by atoms with E-state index in [0.29, 0.717) is 19.0 Å². The first-order chi connectivity index (χ1) is 24.5. The summed E-state index contributed by atoms with van der Waals surface area (Å²) in [7, 11) is 0. The van der Waals surface area contributed by atoms with Crippen LogP contribution < -0.4 is 20.9 Å². The normalized spacial score (nSPS) is 12.7. The summed E-state index contributed by atoms with van der Waals surface area (Å²) in [5.41, 5.74) is 4.57. The number of benzene rings is 3. The molecule has 0 radical (unpaired) electrons. The van der Waals surface area contributed by atoms with Crippen molar-refractivity contribution in [3.8, 4) is 5.75 Å². The van der Waals surface area contributed by atoms with Gasteiger partial charge in [-0.15, -0.1) is 11.3 Å². The molecule has 4 amide bonds. The van der Waals surface area contributed by atoms with Crippen LogP contribution in [0.4, 0.5) is 4.79 Å². The zero-order valence-electron chi connectivity index (χ0n) is 30.3. The van der Waals surface area contributed by atoms with E-state index in [1.807, 2.05) is 120 Å². The van der Waals surface area contributed by atoms with Gasteiger partial charge in [0.15, 0.2) is 12.9 Å². The molecule has 0 aliphatic carbocycles. The van der Waals surface area contributed by atoms with Crippen molar-refractivity contribution < 1.29 is 33.4 Å². The number of nitrogens with one attached hydrogen (secondary N) is 3. The van der Waals surface area contributed by atoms with Gasteiger partial charge in [-0.2, -0.15) is 0 Å². The Bertz CT molecular complexity index is 1690. The average molecular weight is 719 g/mol. The molecule has 0 bridgehead atoms. The lowest BCUT2D eigenvalue weighted by molar-refractivity contribution is -0.179. The second kappa shape index (κ2) is 19.2. The van der Waals surface area contributed by atoms with E-state index >= 15 is 0 Å². The number of hydrogen-bond donors (Lipinski definition) is 3. The topological polar surface area (TPSA) is 127 Å². The predicted octanol–water partition coefficient (Wildman–Crippen LogP) is 6.35. The molecule has 12 heteroatoms. The lowest BCUT2D eigenvalue weighted by Gasteiger charge is -2.36. The number of ether oxygens (including phenoxy) is 3. The van der Waals surface area contributed by atoms with Crippen LogP contribution in [0.2, 0.25) is 0 Å². The van der Waals surface area contributed by atoms with Crippen molar-refractivity contribution in [1.82, 2.24) is 21.0 Å². The summed E-state index contributed by atoms with van der Waals surface area (Å²) in [6, 6.07) is 22.8. The monoisotopic (exact) mass is 718 g/mol. The van der Waals surface area contributed by atoms with Crippen molar-refractivity contribution >= 4 is 39.3 Å². The lowest BCUT2D eigenvalue weighted by atomic mass is 10.0. The van der Waals surface area contributed by atoms with Crippen molar-refractivity contribution in [3.05, 3.63) is 101 Å². The Balaban J connectivity index is 1.55. The lowest BCUT2D eigenvalue weighted by Crippen LogP contribution is -2.55. The van der Waals surface area contributed by atoms with Crippen LogP contribution in [0.15, 0.2) is 84.2 Å². The number of carbonyl (C=O) groups excluding carboxylic acids is 3. The summed E-state index contributed by atoms with van der Waals surface area (Å²) in [6.45, 7) is 12.4. The van der Waals surface area contributed by atoms with E-state index in [2.05, 4.69) is 21.5 Å². The zero-order valence-corrected chi connectivity index (χ0v) is 31.1. The van der Waals surface area contributed by atoms with Crippen molar-refractivity contribution in [2.45, 2.75) is 85.0 Å². The Morgan fingerprint density at radius 1 is 0.863 bits per heavy atom. The molecule has 51 heavy (non-hydrogen) atoms. The minimum Gasteiger partial charge on any atom is -0.488 e. The minimum atomic E-state index is -0.987. The van der Waals surface area contributed by atoms with Crippen LogP contribution in [0.25, 0.3) is 10.1 Å². The molecular formula is C39H50N4O7S. The maximum atomic E-state index is 14.7. The quantitative estimate of drug-likeness (QED) is 0.0808. The van der Waals surface area contributed by atoms with Crippen LogP contribution in [0.5, 0.6) is 5.75 Å². The van der Waals surface area contributed by atoms with Gasteiger partial charge in [-0.05, 0) is 87.2 Å². The van der Waals surface area contributed by atoms with E-state index < -0.39 is 36.9 Å². The summed E-state index contributed by atoms with van der Waals surface area (Å²) in [6.07, 6.45) is -0.506. The molecule has 0 aliphatic rings. The summed E-state index contributed by atoms with van der Waals surface area (Å²) in [4.78, 5) is 47.2. The number of rotatable bonds is 18. The van der Waals surface area contributed by atoms with Crippen LogP contribution in [0.3, 0.4) is 0 Å². The van der Waals surface area contributed by atoms with Crippen molar-refractivity contribution in [2.24, 2.45) is 0 Å². The third kappa shape index (κ3) is 12.4. The number of urea groups is 1. The molecule has 0 saturated heterocycles. The molecule has 3 N–H and O–H groups in total. The molecule has 4 rings (SSSR count). The summed E-state index contributed by atoms with van der Waals surface area (Å²) in [5, 5.41) is 8.65. The van der Waals surface area contributed by atoms with Crippen molar-refractivity contribution in [1.29, 1.82) is 0 Å². The largest absolute Gasteiger partial charge is 0.488 e. The van der Waals surface area contributed by atoms with Crippen molar-refractivity contribution in [2.75, 3.05) is 19.8 Å². The second-order valence-corrected chi connectivity index (χ2v) is 13.9. The third-order valence-corrected chi connectivity index (χ3v) is 8.83. The fourth-order valence-corrected chi connectivity index (χ4v) is 6.42. The first-order valence-corrected chi connectivity index (χ1v) is 18.1. The molecule has 0 aliphatic heterocycles. The van der Waals surface area contributed by atoms with E-state index in [1.165, 1.54) is 0 Å². The fraction of sp³-hybridized carbons (Fsp3) is 0.410. The van der Waals surface area contributed by atoms with E-state index in [0.717, 1.165) is 26.8 Å². The molecule has 3 aromatic carbocycles. The van der Waals surface area contributed by atoms with Gasteiger partial charge in [-0.1, -0.05) is 60.7 Å². The average Bonchev–Trinajstić information content (AvgIpc) is 3.52. The van der Waals surface area contributed by atoms with Gasteiger partial charge in [-0.25, -0.2) is 10.3 Å². The molecular weight excluding hydrogens is 669 g/mol. The fourth-order valence-electron chi connectivity index (χ4n) is 5.46. The molecule has 1 heterocycles. The van der Waals surface area contributed by atoms with Gasteiger partial charge < -0.3 is 29.7 Å². The number of hydrogen-bond acceptors (Lipinski definition) is 8. The van der Waals surface area contributed by atoms with Gasteiger partial charge in [0.2, 0.25) is 11.8 Å². The first kappa shape index (κ1) is 39.3. The van der Waals surface area contributed by atoms with Crippen LogP contribution in [0.1, 0.15) is 58.2 Å². The van der Waals surface area contributed by atoms with Gasteiger partial charge in [0, 0.05) is 37.4 Å². The second-order valence-electron chi connectivity index (χ2n) is 13.0. The molecule has 2 atom stereocenters. The van der Waals surface area contributed by atoms with Crippen LogP contribution in [-0.2, 0) is 43.4 Å². The number of hydroxylamine groups is 1. The Hall–Kier alpha value is -4.49. The number of nitrogens with zero attached hydrogens (tertiary/aromatic N) is 1. The number of carbonyl (C=O) groups is 3. The SMILES string of the molecule is CCOC(OCC)[C@H](C)N(Cc1csc2ccccc12)C(=O)[C@H](Cc1ccc(OC(C)(C)C)cc1)NC(=O)CONC(=O)NCc1ccccc1. The highest BCUT2D eigenvalue weighted by atomic mass is 32.1. The zero-order chi connectivity index (χ0) is 36.8. The van der Waals surface area contributed by atoms with Crippen molar-refractivity contribution in [3.63, 3.8) is 0 Å². The third-order valence-electron chi connectivity index (χ3n) is 7.82. The van der Waals surface area contributed by atoms with E-state index in [-0.39, 0.29) is 31.0 Å². The molecule has 0 fully saturated rings. The standard InChI is InChI=1S/C39H50N4O7S/c1-7-47-37(48-8-2)27(3)43(24-30-26-51-34-17-13-12-16-32(30)34)36(45)33(22-28-18-20-31(21-19-28)50-39(4,5)6)41-35(44)25-49-42-38(46)40-23-29-14-10-9-11-15-29/h9-21,26-27,33,37H,7-8,22-25H2,1-6H3,(H,41,44)(H2,40,42,46)/t27-,33-/m0/s1. The summed E-state index contributed by atoms with van der Waals surface area (Å²) >= 11 is 1.61. The van der Waals surface area contributed by atoms with Gasteiger partial charge in [-0.3, -0.25) is 14.4 Å². The first-order valence-electron chi connectivity index (χ1n) is 17.2. The minimum absolute atomic E-state index is 0.187. The predicted molar refractivity (Wildman–Crippen MR) is 199 cm³/mol. The van der Waals surface area contributed by atoms with Gasteiger partial charge >= 0.3 is 6.03 Å². The molecule has 11 nitrogen and oxygen atoms in total. The Labute approximate surface area is 304 Å². The number of thiophene rings is 1. The van der Waals surface area contributed by atoms with Crippen LogP contribution in [0, 0.1) is 0 Å². The highest BCUT2D eigenvalue weighted by Crippen LogP contribution is 2.28.